The predicted molar refractivity (Wildman–Crippen MR) is 92.8 cm³/mol. The maximum atomic E-state index is 12.2. The van der Waals surface area contributed by atoms with Crippen molar-refractivity contribution in [3.8, 4) is 5.82 Å². The third-order valence-electron chi connectivity index (χ3n) is 4.23. The minimum absolute atomic E-state index is 0.0824. The van der Waals surface area contributed by atoms with Crippen LogP contribution in [0.4, 0.5) is 5.13 Å². The normalized spacial score (nSPS) is 17.5. The van der Waals surface area contributed by atoms with Gasteiger partial charge in [0.2, 0.25) is 0 Å². The summed E-state index contributed by atoms with van der Waals surface area (Å²) in [5.74, 6) is 0.696. The summed E-state index contributed by atoms with van der Waals surface area (Å²) in [4.78, 5) is 23.1. The third-order valence-corrected chi connectivity index (χ3v) is 5.23. The zero-order chi connectivity index (χ0) is 16.5. The highest BCUT2D eigenvalue weighted by atomic mass is 32.1. The van der Waals surface area contributed by atoms with Gasteiger partial charge in [0.25, 0.3) is 5.56 Å². The van der Waals surface area contributed by atoms with Gasteiger partial charge in [-0.1, -0.05) is 0 Å². The standard InChI is InChI=1S/C16H18N6OS/c1-12-10-24-16(18-12)21-7-2-3-13(21)9-22-15(23)5-4-14(19-22)20-8-6-17-11-20/h4-6,8,10-11,13H,2-3,7,9H2,1H3. The van der Waals surface area contributed by atoms with E-state index in [1.165, 1.54) is 0 Å². The van der Waals surface area contributed by atoms with Crippen molar-refractivity contribution in [3.05, 3.63) is 52.3 Å². The molecule has 4 rings (SSSR count). The van der Waals surface area contributed by atoms with Crippen molar-refractivity contribution in [2.75, 3.05) is 11.4 Å². The van der Waals surface area contributed by atoms with Gasteiger partial charge in [-0.3, -0.25) is 9.36 Å². The number of nitrogens with zero attached hydrogens (tertiary/aromatic N) is 6. The van der Waals surface area contributed by atoms with Crippen LogP contribution in [0.1, 0.15) is 18.5 Å². The maximum absolute atomic E-state index is 12.2. The molecule has 0 spiro atoms. The summed E-state index contributed by atoms with van der Waals surface area (Å²) in [5.41, 5.74) is 0.957. The first-order valence-electron chi connectivity index (χ1n) is 7.96. The van der Waals surface area contributed by atoms with Crippen LogP contribution in [0.25, 0.3) is 5.82 Å². The van der Waals surface area contributed by atoms with Crippen molar-refractivity contribution in [2.24, 2.45) is 0 Å². The molecule has 1 aliphatic heterocycles. The molecule has 0 N–H and O–H groups in total. The highest BCUT2D eigenvalue weighted by Gasteiger charge is 2.27. The van der Waals surface area contributed by atoms with Crippen LogP contribution in [-0.2, 0) is 6.54 Å². The highest BCUT2D eigenvalue weighted by Crippen LogP contribution is 2.28. The molecule has 8 heteroatoms. The molecule has 0 radical (unpaired) electrons. The average molecular weight is 342 g/mol. The van der Waals surface area contributed by atoms with Crippen LogP contribution in [0.2, 0.25) is 0 Å². The minimum atomic E-state index is -0.0824. The van der Waals surface area contributed by atoms with Crippen LogP contribution in [0.15, 0.2) is 41.0 Å². The lowest BCUT2D eigenvalue weighted by molar-refractivity contribution is 0.485. The molecule has 0 aliphatic carbocycles. The number of hydrogen-bond donors (Lipinski definition) is 0. The van der Waals surface area contributed by atoms with Gasteiger partial charge in [-0.25, -0.2) is 14.6 Å². The van der Waals surface area contributed by atoms with Crippen LogP contribution in [0.5, 0.6) is 0 Å². The SMILES string of the molecule is Cc1csc(N2CCCC2Cn2nc(-n3ccnc3)ccc2=O)n1. The topological polar surface area (TPSA) is 68.8 Å². The Balaban J connectivity index is 1.60. The number of anilines is 1. The second-order valence-electron chi connectivity index (χ2n) is 5.94. The van der Waals surface area contributed by atoms with Crippen LogP contribution >= 0.6 is 11.3 Å². The molecule has 7 nitrogen and oxygen atoms in total. The first-order chi connectivity index (χ1) is 11.7. The van der Waals surface area contributed by atoms with E-state index in [9.17, 15) is 4.79 Å². The fourth-order valence-electron chi connectivity index (χ4n) is 3.05. The van der Waals surface area contributed by atoms with Gasteiger partial charge < -0.3 is 4.90 Å². The summed E-state index contributed by atoms with van der Waals surface area (Å²) < 4.78 is 3.35. The van der Waals surface area contributed by atoms with E-state index in [2.05, 4.69) is 25.3 Å². The molecule has 0 amide bonds. The van der Waals surface area contributed by atoms with E-state index in [-0.39, 0.29) is 11.6 Å². The number of hydrogen-bond acceptors (Lipinski definition) is 6. The molecule has 3 aromatic rings. The summed E-state index contributed by atoms with van der Waals surface area (Å²) in [5, 5.41) is 7.60. The molecule has 3 aromatic heterocycles. The Labute approximate surface area is 143 Å². The van der Waals surface area contributed by atoms with Gasteiger partial charge >= 0.3 is 0 Å². The Morgan fingerprint density at radius 1 is 1.38 bits per heavy atom. The Morgan fingerprint density at radius 2 is 2.29 bits per heavy atom. The van der Waals surface area contributed by atoms with Gasteiger partial charge in [-0.15, -0.1) is 11.3 Å². The quantitative estimate of drug-likeness (QED) is 0.724. The van der Waals surface area contributed by atoms with Gasteiger partial charge in [-0.05, 0) is 25.8 Å². The van der Waals surface area contributed by atoms with Crippen LogP contribution < -0.4 is 10.5 Å². The molecule has 1 saturated heterocycles. The molecule has 4 heterocycles. The molecule has 0 aromatic carbocycles. The van der Waals surface area contributed by atoms with Gasteiger partial charge in [0.05, 0.1) is 18.3 Å². The molecule has 1 fully saturated rings. The largest absolute Gasteiger partial charge is 0.343 e. The first kappa shape index (κ1) is 15.1. The van der Waals surface area contributed by atoms with E-state index in [1.807, 2.05) is 13.1 Å². The van der Waals surface area contributed by atoms with E-state index < -0.39 is 0 Å². The Bertz CT molecular complexity index is 884. The lowest BCUT2D eigenvalue weighted by Gasteiger charge is -2.24. The molecular weight excluding hydrogens is 324 g/mol. The molecule has 124 valence electrons. The van der Waals surface area contributed by atoms with E-state index in [1.54, 1.807) is 45.2 Å². The van der Waals surface area contributed by atoms with Gasteiger partial charge in [-0.2, -0.15) is 5.10 Å². The van der Waals surface area contributed by atoms with Crippen LogP contribution in [0.3, 0.4) is 0 Å². The number of aryl methyl sites for hydroxylation is 1. The Hall–Kier alpha value is -2.48. The number of rotatable bonds is 4. The van der Waals surface area contributed by atoms with Crippen molar-refractivity contribution >= 4 is 16.5 Å². The molecule has 0 bridgehead atoms. The van der Waals surface area contributed by atoms with E-state index >= 15 is 0 Å². The van der Waals surface area contributed by atoms with E-state index in [0.717, 1.165) is 30.2 Å². The van der Waals surface area contributed by atoms with Crippen molar-refractivity contribution in [3.63, 3.8) is 0 Å². The second kappa shape index (κ2) is 6.20. The summed E-state index contributed by atoms with van der Waals surface area (Å²) in [6.07, 6.45) is 7.34. The lowest BCUT2D eigenvalue weighted by atomic mass is 10.2. The fourth-order valence-corrected chi connectivity index (χ4v) is 3.95. The molecular formula is C16H18N6OS. The summed E-state index contributed by atoms with van der Waals surface area (Å²) >= 11 is 1.66. The third kappa shape index (κ3) is 2.84. The fraction of sp³-hybridized carbons (Fsp3) is 0.375. The second-order valence-corrected chi connectivity index (χ2v) is 6.78. The lowest BCUT2D eigenvalue weighted by Crippen LogP contribution is -2.37. The van der Waals surface area contributed by atoms with Crippen molar-refractivity contribution in [1.29, 1.82) is 0 Å². The number of aromatic nitrogens is 5. The average Bonchev–Trinajstić information content (AvgIpc) is 3.30. The van der Waals surface area contributed by atoms with Crippen molar-refractivity contribution < 1.29 is 0 Å². The predicted octanol–water partition coefficient (Wildman–Crippen LogP) is 1.86. The Kier molecular flexibility index (Phi) is 3.89. The zero-order valence-electron chi connectivity index (χ0n) is 13.4. The molecule has 1 atom stereocenters. The summed E-state index contributed by atoms with van der Waals surface area (Å²) in [6, 6.07) is 3.53. The number of thiazole rings is 1. The molecule has 24 heavy (non-hydrogen) atoms. The van der Waals surface area contributed by atoms with E-state index in [0.29, 0.717) is 12.4 Å². The zero-order valence-corrected chi connectivity index (χ0v) is 14.2. The van der Waals surface area contributed by atoms with Gasteiger partial charge in [0, 0.05) is 30.4 Å². The smallest absolute Gasteiger partial charge is 0.266 e. The van der Waals surface area contributed by atoms with Crippen LogP contribution in [-0.4, -0.2) is 36.9 Å². The van der Waals surface area contributed by atoms with Crippen molar-refractivity contribution in [1.82, 2.24) is 24.3 Å². The number of imidazole rings is 1. The summed E-state index contributed by atoms with van der Waals surface area (Å²) in [7, 11) is 0. The first-order valence-corrected chi connectivity index (χ1v) is 8.84. The van der Waals surface area contributed by atoms with E-state index in [4.69, 9.17) is 0 Å². The monoisotopic (exact) mass is 342 g/mol. The minimum Gasteiger partial charge on any atom is -0.343 e. The van der Waals surface area contributed by atoms with Crippen molar-refractivity contribution in [2.45, 2.75) is 32.4 Å². The Morgan fingerprint density at radius 3 is 3.04 bits per heavy atom. The van der Waals surface area contributed by atoms with Gasteiger partial charge in [0.15, 0.2) is 10.9 Å². The highest BCUT2D eigenvalue weighted by molar-refractivity contribution is 7.13. The van der Waals surface area contributed by atoms with Crippen LogP contribution in [0, 0.1) is 6.92 Å². The summed E-state index contributed by atoms with van der Waals surface area (Å²) in [6.45, 7) is 3.55. The van der Waals surface area contributed by atoms with Gasteiger partial charge in [0.1, 0.15) is 6.33 Å². The molecule has 1 unspecified atom stereocenters. The molecule has 0 saturated carbocycles. The molecule has 1 aliphatic rings. The maximum Gasteiger partial charge on any atom is 0.266 e.